The smallest absolute Gasteiger partial charge is 0.152 e. The highest BCUT2D eigenvalue weighted by atomic mass is 35.5. The second-order valence-corrected chi connectivity index (χ2v) is 5.63. The van der Waals surface area contributed by atoms with Gasteiger partial charge in [-0.3, -0.25) is 4.79 Å². The molecule has 0 atom stereocenters. The summed E-state index contributed by atoms with van der Waals surface area (Å²) < 4.78 is 0. The third-order valence-corrected chi connectivity index (χ3v) is 4.33. The van der Waals surface area contributed by atoms with Crippen molar-refractivity contribution in [2.75, 3.05) is 0 Å². The van der Waals surface area contributed by atoms with Gasteiger partial charge in [0.25, 0.3) is 0 Å². The summed E-state index contributed by atoms with van der Waals surface area (Å²) in [6.45, 7) is 0. The summed E-state index contributed by atoms with van der Waals surface area (Å²) in [5.74, 6) is 0. The molecule has 0 bridgehead atoms. The Labute approximate surface area is 132 Å². The van der Waals surface area contributed by atoms with Gasteiger partial charge in [-0.25, -0.2) is 0 Å². The highest BCUT2D eigenvalue weighted by Crippen LogP contribution is 2.35. The standard InChI is InChI=1S/C19H12ClNO/c20-17-8-4-3-7-15(17)19-16(11-22)14-10-9-12-5-1-2-6-13(12)18(14)21-19/h1-11,21H. The van der Waals surface area contributed by atoms with Crippen molar-refractivity contribution in [1.82, 2.24) is 4.98 Å². The maximum absolute atomic E-state index is 11.7. The molecule has 0 fully saturated rings. The monoisotopic (exact) mass is 305 g/mol. The molecule has 0 aliphatic rings. The van der Waals surface area contributed by atoms with Crippen molar-refractivity contribution < 1.29 is 4.79 Å². The Morgan fingerprint density at radius 2 is 1.64 bits per heavy atom. The van der Waals surface area contributed by atoms with Gasteiger partial charge in [0.05, 0.1) is 11.2 Å². The van der Waals surface area contributed by atoms with E-state index < -0.39 is 0 Å². The zero-order valence-electron chi connectivity index (χ0n) is 11.6. The number of aromatic amines is 1. The van der Waals surface area contributed by atoms with Gasteiger partial charge < -0.3 is 4.98 Å². The molecule has 0 amide bonds. The van der Waals surface area contributed by atoms with Gasteiger partial charge in [0, 0.05) is 26.9 Å². The first-order valence-electron chi connectivity index (χ1n) is 7.03. The van der Waals surface area contributed by atoms with Crippen molar-refractivity contribution in [3.8, 4) is 11.3 Å². The highest BCUT2D eigenvalue weighted by Gasteiger charge is 2.16. The van der Waals surface area contributed by atoms with E-state index in [2.05, 4.69) is 17.1 Å². The van der Waals surface area contributed by atoms with Crippen LogP contribution in [0.25, 0.3) is 32.9 Å². The molecule has 22 heavy (non-hydrogen) atoms. The lowest BCUT2D eigenvalue weighted by atomic mass is 10.0. The molecule has 1 N–H and O–H groups in total. The summed E-state index contributed by atoms with van der Waals surface area (Å²) in [6, 6.07) is 19.7. The van der Waals surface area contributed by atoms with Crippen molar-refractivity contribution in [3.63, 3.8) is 0 Å². The number of fused-ring (bicyclic) bond motifs is 3. The Bertz CT molecular complexity index is 1020. The number of benzene rings is 3. The van der Waals surface area contributed by atoms with E-state index in [-0.39, 0.29) is 0 Å². The summed E-state index contributed by atoms with van der Waals surface area (Å²) in [4.78, 5) is 15.1. The number of carbonyl (C=O) groups excluding carboxylic acids is 1. The van der Waals surface area contributed by atoms with Gasteiger partial charge in [-0.05, 0) is 11.5 Å². The van der Waals surface area contributed by atoms with Gasteiger partial charge in [-0.1, -0.05) is 66.2 Å². The molecule has 3 aromatic carbocycles. The van der Waals surface area contributed by atoms with E-state index in [4.69, 9.17) is 11.6 Å². The summed E-state index contributed by atoms with van der Waals surface area (Å²) in [5.41, 5.74) is 3.22. The number of hydrogen-bond acceptors (Lipinski definition) is 1. The lowest BCUT2D eigenvalue weighted by Crippen LogP contribution is -1.85. The molecule has 0 saturated carbocycles. The number of aldehydes is 1. The molecular formula is C19H12ClNO. The molecule has 1 aromatic heterocycles. The fraction of sp³-hybridized carbons (Fsp3) is 0. The largest absolute Gasteiger partial charge is 0.353 e. The van der Waals surface area contributed by atoms with Crippen LogP contribution in [0.15, 0.2) is 60.7 Å². The van der Waals surface area contributed by atoms with E-state index in [1.165, 1.54) is 0 Å². The van der Waals surface area contributed by atoms with Gasteiger partial charge in [0.1, 0.15) is 0 Å². The Morgan fingerprint density at radius 1 is 0.864 bits per heavy atom. The van der Waals surface area contributed by atoms with Gasteiger partial charge in [-0.15, -0.1) is 0 Å². The summed E-state index contributed by atoms with van der Waals surface area (Å²) in [5, 5.41) is 3.78. The number of hydrogen-bond donors (Lipinski definition) is 1. The van der Waals surface area contributed by atoms with E-state index in [0.29, 0.717) is 10.6 Å². The maximum Gasteiger partial charge on any atom is 0.152 e. The Hall–Kier alpha value is -2.58. The third-order valence-electron chi connectivity index (χ3n) is 4.00. The average Bonchev–Trinajstić information content (AvgIpc) is 2.94. The van der Waals surface area contributed by atoms with Gasteiger partial charge in [0.2, 0.25) is 0 Å². The van der Waals surface area contributed by atoms with Crippen LogP contribution in [-0.2, 0) is 0 Å². The number of halogens is 1. The minimum absolute atomic E-state index is 0.626. The zero-order valence-corrected chi connectivity index (χ0v) is 12.4. The average molecular weight is 306 g/mol. The van der Waals surface area contributed by atoms with Crippen LogP contribution in [0.1, 0.15) is 10.4 Å². The fourth-order valence-corrected chi connectivity index (χ4v) is 3.19. The molecule has 0 saturated heterocycles. The molecule has 0 aliphatic carbocycles. The number of H-pyrrole nitrogens is 1. The lowest BCUT2D eigenvalue weighted by Gasteiger charge is -2.02. The van der Waals surface area contributed by atoms with E-state index in [9.17, 15) is 4.79 Å². The van der Waals surface area contributed by atoms with Crippen molar-refractivity contribution in [3.05, 3.63) is 71.2 Å². The van der Waals surface area contributed by atoms with Crippen molar-refractivity contribution in [1.29, 1.82) is 0 Å². The SMILES string of the molecule is O=Cc1c(-c2ccccc2Cl)[nH]c2c1ccc1ccccc12. The molecule has 0 spiro atoms. The molecule has 0 unspecified atom stereocenters. The van der Waals surface area contributed by atoms with Crippen molar-refractivity contribution >= 4 is 39.6 Å². The Kier molecular flexibility index (Phi) is 2.98. The second-order valence-electron chi connectivity index (χ2n) is 5.22. The highest BCUT2D eigenvalue weighted by molar-refractivity contribution is 6.33. The van der Waals surface area contributed by atoms with Crippen molar-refractivity contribution in [2.45, 2.75) is 0 Å². The molecule has 2 nitrogen and oxygen atoms in total. The zero-order chi connectivity index (χ0) is 15.1. The second kappa shape index (κ2) is 5.00. The van der Waals surface area contributed by atoms with Gasteiger partial charge in [0.15, 0.2) is 6.29 Å². The maximum atomic E-state index is 11.7. The molecule has 3 heteroatoms. The molecule has 4 rings (SSSR count). The van der Waals surface area contributed by atoms with Crippen LogP contribution in [0.5, 0.6) is 0 Å². The van der Waals surface area contributed by atoms with Gasteiger partial charge in [-0.2, -0.15) is 0 Å². The minimum Gasteiger partial charge on any atom is -0.353 e. The summed E-state index contributed by atoms with van der Waals surface area (Å²) in [6.07, 6.45) is 0.895. The molecule has 0 radical (unpaired) electrons. The van der Waals surface area contributed by atoms with E-state index in [0.717, 1.165) is 39.2 Å². The predicted molar refractivity (Wildman–Crippen MR) is 91.6 cm³/mol. The lowest BCUT2D eigenvalue weighted by molar-refractivity contribution is 0.112. The van der Waals surface area contributed by atoms with Crippen LogP contribution in [0.3, 0.4) is 0 Å². The number of nitrogens with one attached hydrogen (secondary N) is 1. The van der Waals surface area contributed by atoms with E-state index in [1.807, 2.05) is 48.5 Å². The molecule has 0 aliphatic heterocycles. The van der Waals surface area contributed by atoms with Crippen LogP contribution < -0.4 is 0 Å². The normalized spacial score (nSPS) is 11.1. The molecule has 106 valence electrons. The first-order valence-corrected chi connectivity index (χ1v) is 7.41. The van der Waals surface area contributed by atoms with Gasteiger partial charge >= 0.3 is 0 Å². The van der Waals surface area contributed by atoms with E-state index in [1.54, 1.807) is 0 Å². The first kappa shape index (κ1) is 13.1. The number of carbonyl (C=O) groups is 1. The fourth-order valence-electron chi connectivity index (χ4n) is 2.96. The number of aromatic nitrogens is 1. The number of rotatable bonds is 2. The molecule has 1 heterocycles. The minimum atomic E-state index is 0.626. The third kappa shape index (κ3) is 1.85. The Balaban J connectivity index is 2.14. The van der Waals surface area contributed by atoms with Crippen LogP contribution >= 0.6 is 11.6 Å². The first-order chi connectivity index (χ1) is 10.8. The van der Waals surface area contributed by atoms with Crippen LogP contribution in [0.4, 0.5) is 0 Å². The van der Waals surface area contributed by atoms with Crippen LogP contribution in [-0.4, -0.2) is 11.3 Å². The quantitative estimate of drug-likeness (QED) is 0.490. The summed E-state index contributed by atoms with van der Waals surface area (Å²) >= 11 is 6.30. The summed E-state index contributed by atoms with van der Waals surface area (Å²) in [7, 11) is 0. The van der Waals surface area contributed by atoms with E-state index >= 15 is 0 Å². The Morgan fingerprint density at radius 3 is 2.45 bits per heavy atom. The van der Waals surface area contributed by atoms with Crippen molar-refractivity contribution in [2.24, 2.45) is 0 Å². The molecule has 4 aromatic rings. The predicted octanol–water partition coefficient (Wildman–Crippen LogP) is 5.45. The van der Waals surface area contributed by atoms with Crippen LogP contribution in [0.2, 0.25) is 5.02 Å². The molecular weight excluding hydrogens is 294 g/mol. The topological polar surface area (TPSA) is 32.9 Å². The van der Waals surface area contributed by atoms with Crippen LogP contribution in [0, 0.1) is 0 Å².